The Morgan fingerprint density at radius 1 is 1.05 bits per heavy atom. The Labute approximate surface area is 235 Å². The molecule has 5 rings (SSSR count). The molecular formula is C28H31FN6O4S. The molecule has 10 nitrogen and oxygen atoms in total. The number of likely N-dealkylation sites (tertiary alicyclic amines) is 1. The van der Waals surface area contributed by atoms with Crippen LogP contribution in [0.25, 0.3) is 0 Å². The van der Waals surface area contributed by atoms with E-state index < -0.39 is 23.0 Å². The van der Waals surface area contributed by atoms with Gasteiger partial charge in [0.25, 0.3) is 0 Å². The van der Waals surface area contributed by atoms with Crippen LogP contribution in [0, 0.1) is 11.2 Å². The molecule has 1 saturated heterocycles. The molecule has 0 unspecified atom stereocenters. The fourth-order valence-electron chi connectivity index (χ4n) is 4.59. The van der Waals surface area contributed by atoms with Crippen molar-refractivity contribution in [2.24, 2.45) is 5.41 Å². The zero-order valence-electron chi connectivity index (χ0n) is 22.3. The lowest BCUT2D eigenvalue weighted by Crippen LogP contribution is -2.46. The van der Waals surface area contributed by atoms with Gasteiger partial charge in [-0.15, -0.1) is 11.3 Å². The second-order valence-corrected chi connectivity index (χ2v) is 11.1. The summed E-state index contributed by atoms with van der Waals surface area (Å²) >= 11 is 1.36. The van der Waals surface area contributed by atoms with Crippen molar-refractivity contribution in [3.05, 3.63) is 59.9 Å². The van der Waals surface area contributed by atoms with Gasteiger partial charge < -0.3 is 25.2 Å². The van der Waals surface area contributed by atoms with Crippen LogP contribution in [0.2, 0.25) is 0 Å². The summed E-state index contributed by atoms with van der Waals surface area (Å²) in [5.74, 6) is -0.797. The number of thiophene rings is 1. The number of urea groups is 1. The number of aromatic nitrogens is 1. The Bertz CT molecular complexity index is 1390. The summed E-state index contributed by atoms with van der Waals surface area (Å²) in [7, 11) is 3.84. The zero-order chi connectivity index (χ0) is 28.3. The Balaban J connectivity index is 1.18. The lowest BCUT2D eigenvalue weighted by atomic mass is 10.0. The highest BCUT2D eigenvalue weighted by molar-refractivity contribution is 7.14. The molecule has 0 bridgehead atoms. The van der Waals surface area contributed by atoms with Gasteiger partial charge in [0.2, 0.25) is 11.8 Å². The summed E-state index contributed by atoms with van der Waals surface area (Å²) in [5.41, 5.74) is -1.25. The van der Waals surface area contributed by atoms with Crippen LogP contribution in [0.1, 0.15) is 25.7 Å². The first-order valence-corrected chi connectivity index (χ1v) is 13.9. The third-order valence-corrected chi connectivity index (χ3v) is 8.11. The number of amides is 4. The average Bonchev–Trinajstić information content (AvgIpc) is 3.60. The van der Waals surface area contributed by atoms with Gasteiger partial charge in [-0.2, -0.15) is 0 Å². The maximum atomic E-state index is 14.9. The molecule has 2 fully saturated rings. The molecule has 0 spiro atoms. The SMILES string of the molecule is CN1CCC(N(C)C(=O)Nc2cc(Oc3ccc(NC(=O)C4(C(=O)Nc5cccs5)CC4)c(F)c3)ccn2)CC1. The van der Waals surface area contributed by atoms with E-state index in [0.29, 0.717) is 29.4 Å². The molecule has 40 heavy (non-hydrogen) atoms. The van der Waals surface area contributed by atoms with Gasteiger partial charge in [0, 0.05) is 31.4 Å². The second kappa shape index (κ2) is 11.6. The van der Waals surface area contributed by atoms with Crippen molar-refractivity contribution in [3.8, 4) is 11.5 Å². The molecule has 12 heteroatoms. The molecule has 210 valence electrons. The van der Waals surface area contributed by atoms with Gasteiger partial charge in [-0.05, 0) is 81.5 Å². The Kier molecular flexibility index (Phi) is 7.99. The van der Waals surface area contributed by atoms with E-state index in [4.69, 9.17) is 4.74 Å². The molecule has 3 N–H and O–H groups in total. The molecule has 0 atom stereocenters. The van der Waals surface area contributed by atoms with Gasteiger partial charge >= 0.3 is 6.03 Å². The van der Waals surface area contributed by atoms with Crippen LogP contribution >= 0.6 is 11.3 Å². The quantitative estimate of drug-likeness (QED) is 0.331. The first-order chi connectivity index (χ1) is 19.2. The van der Waals surface area contributed by atoms with Crippen molar-refractivity contribution in [1.29, 1.82) is 0 Å². The van der Waals surface area contributed by atoms with Crippen molar-refractivity contribution in [3.63, 3.8) is 0 Å². The smallest absolute Gasteiger partial charge is 0.323 e. The maximum Gasteiger partial charge on any atom is 0.323 e. The van der Waals surface area contributed by atoms with E-state index >= 15 is 0 Å². The molecular weight excluding hydrogens is 535 g/mol. The number of hydrogen-bond donors (Lipinski definition) is 3. The van der Waals surface area contributed by atoms with Gasteiger partial charge in [0.1, 0.15) is 28.5 Å². The van der Waals surface area contributed by atoms with E-state index in [0.717, 1.165) is 32.0 Å². The highest BCUT2D eigenvalue weighted by Gasteiger charge is 2.56. The molecule has 1 aliphatic heterocycles. The number of carbonyl (C=O) groups is 3. The first-order valence-electron chi connectivity index (χ1n) is 13.1. The van der Waals surface area contributed by atoms with Crippen LogP contribution in [0.3, 0.4) is 0 Å². The van der Waals surface area contributed by atoms with Crippen molar-refractivity contribution in [1.82, 2.24) is 14.8 Å². The van der Waals surface area contributed by atoms with Crippen LogP contribution in [-0.2, 0) is 9.59 Å². The highest BCUT2D eigenvalue weighted by Crippen LogP contribution is 2.48. The molecule has 3 aromatic rings. The lowest BCUT2D eigenvalue weighted by molar-refractivity contribution is -0.131. The van der Waals surface area contributed by atoms with Crippen LogP contribution in [0.4, 0.5) is 25.7 Å². The van der Waals surface area contributed by atoms with E-state index in [1.54, 1.807) is 36.2 Å². The number of hydrogen-bond acceptors (Lipinski definition) is 7. The standard InChI is InChI=1S/C28H31FN6O4S/c1-34-13-8-18(9-14-34)35(2)27(38)32-23-17-20(7-12-30-23)39-19-5-6-22(21(29)16-19)31-25(36)28(10-11-28)26(37)33-24-4-3-15-40-24/h3-7,12,15-18H,8-11,13-14H2,1-2H3,(H,31,36)(H,33,37)(H,30,32,38). The van der Waals surface area contributed by atoms with Crippen LogP contribution in [-0.4, -0.2) is 65.9 Å². The van der Waals surface area contributed by atoms with E-state index in [1.807, 2.05) is 5.38 Å². The monoisotopic (exact) mass is 566 g/mol. The Morgan fingerprint density at radius 2 is 1.77 bits per heavy atom. The van der Waals surface area contributed by atoms with Gasteiger partial charge in [0.05, 0.1) is 10.7 Å². The fourth-order valence-corrected chi connectivity index (χ4v) is 5.20. The van der Waals surface area contributed by atoms with E-state index in [1.165, 1.54) is 29.7 Å². The third kappa shape index (κ3) is 6.23. The molecule has 1 aliphatic carbocycles. The molecule has 2 aromatic heterocycles. The highest BCUT2D eigenvalue weighted by atomic mass is 32.1. The van der Waals surface area contributed by atoms with Crippen molar-refractivity contribution < 1.29 is 23.5 Å². The minimum atomic E-state index is -1.20. The Morgan fingerprint density at radius 3 is 2.45 bits per heavy atom. The number of carbonyl (C=O) groups excluding carboxylic acids is 3. The van der Waals surface area contributed by atoms with Gasteiger partial charge in [-0.3, -0.25) is 14.9 Å². The number of rotatable bonds is 8. The van der Waals surface area contributed by atoms with Crippen LogP contribution in [0.5, 0.6) is 11.5 Å². The van der Waals surface area contributed by atoms with E-state index in [9.17, 15) is 18.8 Å². The molecule has 1 saturated carbocycles. The number of halogens is 1. The number of anilines is 3. The summed E-state index contributed by atoms with van der Waals surface area (Å²) in [4.78, 5) is 46.4. The minimum absolute atomic E-state index is 0.0489. The van der Waals surface area contributed by atoms with Gasteiger partial charge in [-0.25, -0.2) is 14.2 Å². The lowest BCUT2D eigenvalue weighted by Gasteiger charge is -2.34. The van der Waals surface area contributed by atoms with E-state index in [-0.39, 0.29) is 23.5 Å². The molecule has 2 aliphatic rings. The normalized spacial score (nSPS) is 16.6. The summed E-state index contributed by atoms with van der Waals surface area (Å²) in [5, 5.41) is 10.6. The average molecular weight is 567 g/mol. The largest absolute Gasteiger partial charge is 0.457 e. The first kappa shape index (κ1) is 27.5. The van der Waals surface area contributed by atoms with Gasteiger partial charge in [-0.1, -0.05) is 0 Å². The summed E-state index contributed by atoms with van der Waals surface area (Å²) in [6, 6.07) is 10.6. The summed E-state index contributed by atoms with van der Waals surface area (Å²) < 4.78 is 20.7. The molecule has 4 amide bonds. The number of ether oxygens (including phenoxy) is 1. The van der Waals surface area contributed by atoms with Crippen LogP contribution < -0.4 is 20.7 Å². The number of piperidine rings is 1. The number of pyridine rings is 1. The van der Waals surface area contributed by atoms with Crippen molar-refractivity contribution in [2.75, 3.05) is 43.1 Å². The van der Waals surface area contributed by atoms with Gasteiger partial charge in [0.15, 0.2) is 0 Å². The summed E-state index contributed by atoms with van der Waals surface area (Å²) in [6.07, 6.45) is 4.09. The predicted molar refractivity (Wildman–Crippen MR) is 151 cm³/mol. The number of nitrogens with one attached hydrogen (secondary N) is 3. The molecule has 1 aromatic carbocycles. The second-order valence-electron chi connectivity index (χ2n) is 10.2. The molecule has 3 heterocycles. The topological polar surface area (TPSA) is 116 Å². The zero-order valence-corrected chi connectivity index (χ0v) is 23.1. The summed E-state index contributed by atoms with van der Waals surface area (Å²) in [6.45, 7) is 1.88. The molecule has 0 radical (unpaired) electrons. The fraction of sp³-hybridized carbons (Fsp3) is 0.357. The van der Waals surface area contributed by atoms with Crippen molar-refractivity contribution in [2.45, 2.75) is 31.7 Å². The predicted octanol–water partition coefficient (Wildman–Crippen LogP) is 4.99. The number of nitrogens with zero attached hydrogens (tertiary/aromatic N) is 3. The van der Waals surface area contributed by atoms with E-state index in [2.05, 4.69) is 32.9 Å². The third-order valence-electron chi connectivity index (χ3n) is 7.32. The van der Waals surface area contributed by atoms with Crippen molar-refractivity contribution >= 4 is 45.7 Å². The Hall–Kier alpha value is -4.03. The minimum Gasteiger partial charge on any atom is -0.457 e. The van der Waals surface area contributed by atoms with Crippen LogP contribution in [0.15, 0.2) is 54.0 Å². The number of benzene rings is 1. The maximum absolute atomic E-state index is 14.9.